The summed E-state index contributed by atoms with van der Waals surface area (Å²) in [5, 5.41) is 5.83. The molecular weight excluding hydrogens is 637 g/mol. The Labute approximate surface area is 279 Å². The van der Waals surface area contributed by atoms with E-state index in [1.807, 2.05) is 0 Å². The Bertz CT molecular complexity index is 1450. The van der Waals surface area contributed by atoms with Gasteiger partial charge in [0.1, 0.15) is 17.8 Å². The first kappa shape index (κ1) is 39.1. The minimum absolute atomic E-state index is 0.100. The van der Waals surface area contributed by atoms with Gasteiger partial charge in [-0.05, 0) is 111 Å². The Kier molecular flexibility index (Phi) is 12.0. The molecule has 0 aliphatic rings. The number of para-hydroxylation sites is 1. The quantitative estimate of drug-likeness (QED) is 0.115. The minimum atomic E-state index is -4.63. The number of hydrogen-bond donors (Lipinski definition) is 3. The number of nitrogens with two attached hydrogens (primary N) is 1. The Balaban J connectivity index is 2.50. The molecule has 47 heavy (non-hydrogen) atoms. The van der Waals surface area contributed by atoms with Crippen molar-refractivity contribution in [3.63, 3.8) is 0 Å². The SMILES string of the molecule is CC(C)(C)OC(=O)N(Cc1cccc(N)c1NC(=S)NC(C)(COC(=O)C(C)(C)C)c1cccc(C(F)(F)F)c1)C(=O)OC(C)(C)C. The third-order valence-corrected chi connectivity index (χ3v) is 6.50. The lowest BCUT2D eigenvalue weighted by atomic mass is 9.91. The van der Waals surface area contributed by atoms with Crippen molar-refractivity contribution in [3.05, 3.63) is 59.2 Å². The fraction of sp³-hybridized carbons (Fsp3) is 0.515. The summed E-state index contributed by atoms with van der Waals surface area (Å²) in [6.07, 6.45) is -6.54. The second-order valence-electron chi connectivity index (χ2n) is 14.2. The third-order valence-electron chi connectivity index (χ3n) is 6.30. The second-order valence-corrected chi connectivity index (χ2v) is 14.7. The smallest absolute Gasteiger partial charge is 0.420 e. The van der Waals surface area contributed by atoms with Gasteiger partial charge in [0.25, 0.3) is 0 Å². The number of anilines is 2. The summed E-state index contributed by atoms with van der Waals surface area (Å²) in [5.41, 5.74) is 2.08. The van der Waals surface area contributed by atoms with Crippen molar-refractivity contribution in [2.75, 3.05) is 17.7 Å². The number of esters is 1. The van der Waals surface area contributed by atoms with Crippen LogP contribution in [0.2, 0.25) is 0 Å². The largest absolute Gasteiger partial charge is 0.462 e. The van der Waals surface area contributed by atoms with Gasteiger partial charge in [-0.15, -0.1) is 0 Å². The molecule has 0 aliphatic heterocycles. The number of imide groups is 1. The van der Waals surface area contributed by atoms with E-state index in [1.165, 1.54) is 19.1 Å². The molecule has 0 aliphatic carbocycles. The number of amides is 2. The molecule has 0 radical (unpaired) electrons. The summed E-state index contributed by atoms with van der Waals surface area (Å²) in [7, 11) is 0. The second kappa shape index (κ2) is 14.4. The Morgan fingerprint density at radius 2 is 1.34 bits per heavy atom. The van der Waals surface area contributed by atoms with Crippen molar-refractivity contribution in [2.45, 2.75) is 98.7 Å². The number of rotatable bonds is 7. The van der Waals surface area contributed by atoms with Gasteiger partial charge in [0.2, 0.25) is 0 Å². The highest BCUT2D eigenvalue weighted by atomic mass is 32.1. The number of hydrogen-bond acceptors (Lipinski definition) is 8. The number of nitrogens with one attached hydrogen (secondary N) is 2. The van der Waals surface area contributed by atoms with Gasteiger partial charge >= 0.3 is 24.3 Å². The van der Waals surface area contributed by atoms with E-state index < -0.39 is 52.1 Å². The molecule has 1 unspecified atom stereocenters. The average Bonchev–Trinajstić information content (AvgIpc) is 2.89. The standard InChI is InChI=1S/C33H45F3N4O6S/c1-29(2,3)25(41)44-19-32(10,21-14-12-15-22(17-21)33(34,35)36)39-26(47)38-24-20(13-11-16-23(24)37)18-40(27(42)45-30(4,5)6)28(43)46-31(7,8)9/h11-17H,18-19,37H2,1-10H3,(H2,38,39,47). The molecule has 0 aromatic heterocycles. The van der Waals surface area contributed by atoms with Crippen LogP contribution in [-0.4, -0.2) is 46.0 Å². The molecule has 0 spiro atoms. The van der Waals surface area contributed by atoms with Crippen LogP contribution < -0.4 is 16.4 Å². The van der Waals surface area contributed by atoms with E-state index in [-0.39, 0.29) is 35.2 Å². The number of carbonyl (C=O) groups excluding carboxylic acids is 3. The molecule has 0 heterocycles. The highest BCUT2D eigenvalue weighted by Crippen LogP contribution is 2.33. The van der Waals surface area contributed by atoms with Crippen LogP contribution in [-0.2, 0) is 37.3 Å². The van der Waals surface area contributed by atoms with Crippen molar-refractivity contribution < 1.29 is 41.8 Å². The zero-order chi connectivity index (χ0) is 36.2. The van der Waals surface area contributed by atoms with E-state index in [2.05, 4.69) is 10.6 Å². The molecule has 0 saturated carbocycles. The summed E-state index contributed by atoms with van der Waals surface area (Å²) in [5.74, 6) is -0.574. The van der Waals surface area contributed by atoms with E-state index in [9.17, 15) is 27.6 Å². The summed E-state index contributed by atoms with van der Waals surface area (Å²) in [6.45, 7) is 15.6. The fourth-order valence-corrected chi connectivity index (χ4v) is 4.29. The van der Waals surface area contributed by atoms with Crippen molar-refractivity contribution >= 4 is 46.9 Å². The molecule has 2 aromatic carbocycles. The zero-order valence-corrected chi connectivity index (χ0v) is 29.3. The molecule has 10 nitrogen and oxygen atoms in total. The van der Waals surface area contributed by atoms with E-state index in [1.54, 1.807) is 80.5 Å². The number of ether oxygens (including phenoxy) is 3. The third kappa shape index (κ3) is 11.9. The number of nitrogen functional groups attached to an aromatic ring is 1. The molecule has 2 aromatic rings. The molecule has 0 bridgehead atoms. The van der Waals surface area contributed by atoms with Crippen LogP contribution in [0.3, 0.4) is 0 Å². The van der Waals surface area contributed by atoms with Gasteiger partial charge in [0.05, 0.1) is 34.4 Å². The molecule has 0 fully saturated rings. The highest BCUT2D eigenvalue weighted by Gasteiger charge is 2.37. The molecular formula is C33H45F3N4O6S. The van der Waals surface area contributed by atoms with E-state index in [4.69, 9.17) is 32.2 Å². The molecule has 0 saturated heterocycles. The molecule has 1 atom stereocenters. The summed E-state index contributed by atoms with van der Waals surface area (Å²) >= 11 is 5.59. The van der Waals surface area contributed by atoms with E-state index in [0.717, 1.165) is 17.0 Å². The number of thiocarbonyl (C=S) groups is 1. The van der Waals surface area contributed by atoms with Crippen LogP contribution in [0.25, 0.3) is 0 Å². The molecule has 14 heteroatoms. The topological polar surface area (TPSA) is 132 Å². The summed E-state index contributed by atoms with van der Waals surface area (Å²) in [6, 6.07) is 9.33. The van der Waals surface area contributed by atoms with Crippen LogP contribution in [0.15, 0.2) is 42.5 Å². The lowest BCUT2D eigenvalue weighted by Crippen LogP contribution is -2.49. The average molecular weight is 683 g/mol. The predicted molar refractivity (Wildman–Crippen MR) is 177 cm³/mol. The monoisotopic (exact) mass is 682 g/mol. The van der Waals surface area contributed by atoms with E-state index >= 15 is 0 Å². The van der Waals surface area contributed by atoms with Crippen LogP contribution >= 0.6 is 12.2 Å². The van der Waals surface area contributed by atoms with Crippen molar-refractivity contribution in [3.8, 4) is 0 Å². The highest BCUT2D eigenvalue weighted by molar-refractivity contribution is 7.80. The zero-order valence-electron chi connectivity index (χ0n) is 28.5. The normalized spacial score (nSPS) is 13.6. The van der Waals surface area contributed by atoms with Crippen LogP contribution in [0.5, 0.6) is 0 Å². The first-order valence-electron chi connectivity index (χ1n) is 14.8. The Morgan fingerprint density at radius 1 is 0.830 bits per heavy atom. The molecule has 2 amide bonds. The first-order valence-corrected chi connectivity index (χ1v) is 15.2. The maximum Gasteiger partial charge on any atom is 0.420 e. The van der Waals surface area contributed by atoms with Gasteiger partial charge in [-0.3, -0.25) is 4.79 Å². The van der Waals surface area contributed by atoms with Crippen molar-refractivity contribution in [1.82, 2.24) is 10.2 Å². The fourth-order valence-electron chi connectivity index (χ4n) is 3.96. The number of alkyl halides is 3. The van der Waals surface area contributed by atoms with Gasteiger partial charge < -0.3 is 30.6 Å². The lowest BCUT2D eigenvalue weighted by Gasteiger charge is -2.34. The number of carbonyl (C=O) groups is 3. The van der Waals surface area contributed by atoms with E-state index in [0.29, 0.717) is 5.56 Å². The van der Waals surface area contributed by atoms with Gasteiger partial charge in [-0.2, -0.15) is 13.2 Å². The van der Waals surface area contributed by atoms with Gasteiger partial charge in [0, 0.05) is 0 Å². The van der Waals surface area contributed by atoms with Gasteiger partial charge in [-0.1, -0.05) is 24.3 Å². The Hall–Kier alpha value is -4.07. The summed E-state index contributed by atoms with van der Waals surface area (Å²) in [4.78, 5) is 39.7. The Morgan fingerprint density at radius 3 is 1.83 bits per heavy atom. The molecule has 2 rings (SSSR count). The maximum absolute atomic E-state index is 13.6. The van der Waals surface area contributed by atoms with Gasteiger partial charge in [0.15, 0.2) is 5.11 Å². The van der Waals surface area contributed by atoms with Crippen molar-refractivity contribution in [1.29, 1.82) is 0 Å². The van der Waals surface area contributed by atoms with Crippen molar-refractivity contribution in [2.24, 2.45) is 5.41 Å². The van der Waals surface area contributed by atoms with Gasteiger partial charge in [-0.25, -0.2) is 14.5 Å². The lowest BCUT2D eigenvalue weighted by molar-refractivity contribution is -0.155. The van der Waals surface area contributed by atoms with Crippen LogP contribution in [0.4, 0.5) is 34.1 Å². The number of halogens is 3. The maximum atomic E-state index is 13.6. The van der Waals surface area contributed by atoms with Crippen LogP contribution in [0.1, 0.15) is 85.9 Å². The number of nitrogens with zero attached hydrogens (tertiary/aromatic N) is 1. The van der Waals surface area contributed by atoms with Crippen LogP contribution in [0, 0.1) is 5.41 Å². The first-order chi connectivity index (χ1) is 21.2. The summed E-state index contributed by atoms with van der Waals surface area (Å²) < 4.78 is 57.3. The predicted octanol–water partition coefficient (Wildman–Crippen LogP) is 7.75. The number of benzene rings is 2. The molecule has 4 N–H and O–H groups in total. The molecule has 260 valence electrons. The minimum Gasteiger partial charge on any atom is -0.462 e.